The van der Waals surface area contributed by atoms with Gasteiger partial charge >= 0.3 is 0 Å². The van der Waals surface area contributed by atoms with Crippen molar-refractivity contribution in [1.29, 1.82) is 0 Å². The van der Waals surface area contributed by atoms with Crippen molar-refractivity contribution in [2.75, 3.05) is 6.61 Å². The molecular weight excluding hydrogens is 212 g/mol. The van der Waals surface area contributed by atoms with Crippen LogP contribution in [0.1, 0.15) is 19.4 Å². The van der Waals surface area contributed by atoms with Gasteiger partial charge in [-0.15, -0.1) is 0 Å². The minimum atomic E-state index is 0.0372. The number of Topliss-reactive ketones (excluding diaryl/α,β-unsaturated/α-hetero) is 1. The number of benzene rings is 1. The normalized spacial score (nSPS) is 10.7. The summed E-state index contributed by atoms with van der Waals surface area (Å²) in [5.41, 5.74) is 1.02. The Hall–Kier alpha value is -0.860. The van der Waals surface area contributed by atoms with Gasteiger partial charge in [-0.3, -0.25) is 4.79 Å². The van der Waals surface area contributed by atoms with Gasteiger partial charge in [0.25, 0.3) is 0 Å². The highest BCUT2D eigenvalue weighted by Gasteiger charge is 2.06. The van der Waals surface area contributed by atoms with Crippen molar-refractivity contribution in [3.05, 3.63) is 34.9 Å². The van der Waals surface area contributed by atoms with Crippen LogP contribution < -0.4 is 0 Å². The Morgan fingerprint density at radius 3 is 2.47 bits per heavy atom. The molecule has 0 bridgehead atoms. The molecule has 2 nitrogen and oxygen atoms in total. The monoisotopic (exact) mass is 226 g/mol. The summed E-state index contributed by atoms with van der Waals surface area (Å²) in [6.45, 7) is 4.37. The third-order valence-corrected chi connectivity index (χ3v) is 2.32. The minimum absolute atomic E-state index is 0.0372. The number of ketones is 1. The second-order valence-corrected chi connectivity index (χ2v) is 4.18. The predicted molar refractivity (Wildman–Crippen MR) is 61.0 cm³/mol. The van der Waals surface area contributed by atoms with Gasteiger partial charge in [-0.25, -0.2) is 0 Å². The summed E-state index contributed by atoms with van der Waals surface area (Å²) in [4.78, 5) is 11.2. The molecule has 1 aromatic rings. The van der Waals surface area contributed by atoms with Crippen LogP contribution in [0.5, 0.6) is 0 Å². The number of ether oxygens (including phenoxy) is 1. The molecule has 0 radical (unpaired) electrons. The molecule has 0 N–H and O–H groups in total. The fraction of sp³-hybridized carbons (Fsp3) is 0.417. The average Bonchev–Trinajstić information content (AvgIpc) is 2.20. The molecule has 0 aliphatic heterocycles. The van der Waals surface area contributed by atoms with Crippen molar-refractivity contribution in [1.82, 2.24) is 0 Å². The van der Waals surface area contributed by atoms with Gasteiger partial charge in [-0.05, 0) is 17.7 Å². The molecule has 0 saturated carbocycles. The Balaban J connectivity index is 2.32. The Morgan fingerprint density at radius 1 is 1.33 bits per heavy atom. The standard InChI is InChI=1S/C12H15ClO2/c1-9(2)12(14)8-15-7-10-3-5-11(13)6-4-10/h3-6,9H,7-8H2,1-2H3. The molecule has 3 heteroatoms. The molecule has 0 aliphatic rings. The van der Waals surface area contributed by atoms with Gasteiger partial charge in [-0.1, -0.05) is 37.6 Å². The van der Waals surface area contributed by atoms with E-state index < -0.39 is 0 Å². The van der Waals surface area contributed by atoms with Crippen LogP contribution in [0.4, 0.5) is 0 Å². The van der Waals surface area contributed by atoms with Crippen LogP contribution in [-0.2, 0) is 16.1 Å². The summed E-state index contributed by atoms with van der Waals surface area (Å²) in [5.74, 6) is 0.166. The van der Waals surface area contributed by atoms with Crippen molar-refractivity contribution in [2.24, 2.45) is 5.92 Å². The van der Waals surface area contributed by atoms with Gasteiger partial charge in [0, 0.05) is 10.9 Å². The summed E-state index contributed by atoms with van der Waals surface area (Å²) in [7, 11) is 0. The van der Waals surface area contributed by atoms with Gasteiger partial charge < -0.3 is 4.74 Å². The molecular formula is C12H15ClO2. The number of hydrogen-bond acceptors (Lipinski definition) is 2. The largest absolute Gasteiger partial charge is 0.369 e. The van der Waals surface area contributed by atoms with Crippen molar-refractivity contribution < 1.29 is 9.53 Å². The summed E-state index contributed by atoms with van der Waals surface area (Å²) >= 11 is 5.74. The van der Waals surface area contributed by atoms with Crippen molar-refractivity contribution in [3.8, 4) is 0 Å². The van der Waals surface area contributed by atoms with E-state index in [2.05, 4.69) is 0 Å². The van der Waals surface area contributed by atoms with E-state index in [4.69, 9.17) is 16.3 Å². The highest BCUT2D eigenvalue weighted by atomic mass is 35.5. The number of hydrogen-bond donors (Lipinski definition) is 0. The Bertz CT molecular complexity index is 317. The van der Waals surface area contributed by atoms with Gasteiger partial charge in [0.15, 0.2) is 5.78 Å². The smallest absolute Gasteiger partial charge is 0.160 e. The van der Waals surface area contributed by atoms with E-state index in [1.807, 2.05) is 38.1 Å². The first-order valence-electron chi connectivity index (χ1n) is 4.94. The molecule has 0 heterocycles. The van der Waals surface area contributed by atoms with E-state index in [-0.39, 0.29) is 18.3 Å². The number of carbonyl (C=O) groups is 1. The second-order valence-electron chi connectivity index (χ2n) is 3.74. The van der Waals surface area contributed by atoms with Crippen LogP contribution in [0, 0.1) is 5.92 Å². The van der Waals surface area contributed by atoms with E-state index in [1.54, 1.807) is 0 Å². The summed E-state index contributed by atoms with van der Waals surface area (Å²) < 4.78 is 5.29. The molecule has 0 unspecified atom stereocenters. The lowest BCUT2D eigenvalue weighted by molar-refractivity contribution is -0.126. The first kappa shape index (κ1) is 12.2. The third kappa shape index (κ3) is 4.45. The molecule has 1 rings (SSSR count). The van der Waals surface area contributed by atoms with E-state index in [1.165, 1.54) is 0 Å². The van der Waals surface area contributed by atoms with Crippen molar-refractivity contribution in [3.63, 3.8) is 0 Å². The van der Waals surface area contributed by atoms with Gasteiger partial charge in [-0.2, -0.15) is 0 Å². The van der Waals surface area contributed by atoms with E-state index >= 15 is 0 Å². The van der Waals surface area contributed by atoms with Crippen LogP contribution in [0.3, 0.4) is 0 Å². The van der Waals surface area contributed by atoms with Crippen LogP contribution in [0.2, 0.25) is 5.02 Å². The molecule has 0 amide bonds. The zero-order valence-corrected chi connectivity index (χ0v) is 9.75. The summed E-state index contributed by atoms with van der Waals surface area (Å²) in [6.07, 6.45) is 0. The van der Waals surface area contributed by atoms with Crippen molar-refractivity contribution in [2.45, 2.75) is 20.5 Å². The molecule has 0 aliphatic carbocycles. The molecule has 0 fully saturated rings. The maximum absolute atomic E-state index is 11.2. The van der Waals surface area contributed by atoms with Crippen LogP contribution in [-0.4, -0.2) is 12.4 Å². The van der Waals surface area contributed by atoms with Crippen molar-refractivity contribution >= 4 is 17.4 Å². The SMILES string of the molecule is CC(C)C(=O)COCc1ccc(Cl)cc1. The topological polar surface area (TPSA) is 26.3 Å². The molecule has 82 valence electrons. The molecule has 0 saturated heterocycles. The quantitative estimate of drug-likeness (QED) is 0.771. The van der Waals surface area contributed by atoms with Crippen LogP contribution >= 0.6 is 11.6 Å². The zero-order valence-electron chi connectivity index (χ0n) is 9.00. The van der Waals surface area contributed by atoms with E-state index in [0.717, 1.165) is 5.56 Å². The Kier molecular flexibility index (Phi) is 4.79. The third-order valence-electron chi connectivity index (χ3n) is 2.07. The highest BCUT2D eigenvalue weighted by Crippen LogP contribution is 2.10. The fourth-order valence-electron chi connectivity index (χ4n) is 1.02. The maximum atomic E-state index is 11.2. The maximum Gasteiger partial charge on any atom is 0.160 e. The summed E-state index contributed by atoms with van der Waals surface area (Å²) in [5, 5.41) is 0.706. The molecule has 0 aromatic heterocycles. The van der Waals surface area contributed by atoms with Crippen LogP contribution in [0.15, 0.2) is 24.3 Å². The molecule has 0 spiro atoms. The first-order valence-corrected chi connectivity index (χ1v) is 5.32. The summed E-state index contributed by atoms with van der Waals surface area (Å²) in [6, 6.07) is 7.40. The van der Waals surface area contributed by atoms with E-state index in [0.29, 0.717) is 11.6 Å². The first-order chi connectivity index (χ1) is 7.09. The van der Waals surface area contributed by atoms with Gasteiger partial charge in [0.05, 0.1) is 6.61 Å². The highest BCUT2D eigenvalue weighted by molar-refractivity contribution is 6.30. The molecule has 1 aromatic carbocycles. The number of carbonyl (C=O) groups excluding carboxylic acids is 1. The zero-order chi connectivity index (χ0) is 11.3. The minimum Gasteiger partial charge on any atom is -0.369 e. The lowest BCUT2D eigenvalue weighted by atomic mass is 10.1. The second kappa shape index (κ2) is 5.89. The lowest BCUT2D eigenvalue weighted by Crippen LogP contribution is -2.14. The fourth-order valence-corrected chi connectivity index (χ4v) is 1.14. The van der Waals surface area contributed by atoms with Crippen LogP contribution in [0.25, 0.3) is 0 Å². The Morgan fingerprint density at radius 2 is 1.93 bits per heavy atom. The molecule has 0 atom stereocenters. The van der Waals surface area contributed by atoms with E-state index in [9.17, 15) is 4.79 Å². The number of halogens is 1. The number of rotatable bonds is 5. The lowest BCUT2D eigenvalue weighted by Gasteiger charge is -2.05. The van der Waals surface area contributed by atoms with Gasteiger partial charge in [0.1, 0.15) is 6.61 Å². The van der Waals surface area contributed by atoms with Gasteiger partial charge in [0.2, 0.25) is 0 Å². The average molecular weight is 227 g/mol. The molecule has 15 heavy (non-hydrogen) atoms. The Labute approximate surface area is 95.2 Å². The predicted octanol–water partition coefficient (Wildman–Crippen LogP) is 3.08.